The van der Waals surface area contributed by atoms with Crippen molar-refractivity contribution in [2.75, 3.05) is 6.54 Å². The Kier molecular flexibility index (Phi) is 7.85. The third-order valence-electron chi connectivity index (χ3n) is 9.52. The van der Waals surface area contributed by atoms with E-state index in [-0.39, 0.29) is 23.1 Å². The van der Waals surface area contributed by atoms with Crippen LogP contribution in [0.5, 0.6) is 0 Å². The zero-order valence-electron chi connectivity index (χ0n) is 22.7. The molecule has 1 aromatic carbocycles. The summed E-state index contributed by atoms with van der Waals surface area (Å²) in [4.78, 5) is 31.8. The average molecular weight is 480 g/mol. The van der Waals surface area contributed by atoms with Crippen LogP contribution in [-0.4, -0.2) is 38.9 Å². The van der Waals surface area contributed by atoms with E-state index < -0.39 is 0 Å². The minimum atomic E-state index is -0.275. The molecule has 0 N–H and O–H groups in total. The largest absolute Gasteiger partial charge is 0.302 e. The van der Waals surface area contributed by atoms with E-state index in [9.17, 15) is 9.59 Å². The number of para-hydroxylation sites is 2. The number of nitrogens with zero attached hydrogens (tertiary/aromatic N) is 3. The van der Waals surface area contributed by atoms with Gasteiger partial charge >= 0.3 is 0 Å². The SMILES string of the molecule is CC1(C)C2CCCC1C2.CCN1C(C)CCCC1CC(C)n1c(=O)c(C(C)=O)nc2ccccc21. The number of rotatable bonds is 5. The van der Waals surface area contributed by atoms with Crippen LogP contribution in [0.2, 0.25) is 0 Å². The van der Waals surface area contributed by atoms with Crippen LogP contribution in [0.3, 0.4) is 0 Å². The summed E-state index contributed by atoms with van der Waals surface area (Å²) in [6, 6.07) is 8.67. The molecule has 5 unspecified atom stereocenters. The molecule has 4 fully saturated rings. The Labute approximate surface area is 211 Å². The van der Waals surface area contributed by atoms with Gasteiger partial charge in [-0.05, 0) is 88.3 Å². The third kappa shape index (κ3) is 5.12. The van der Waals surface area contributed by atoms with Gasteiger partial charge in [0.2, 0.25) is 0 Å². The Hall–Kier alpha value is -2.01. The fourth-order valence-electron chi connectivity index (χ4n) is 7.20. The molecule has 6 rings (SSSR count). The molecule has 1 aliphatic heterocycles. The molecule has 4 aliphatic rings. The maximum absolute atomic E-state index is 13.0. The second kappa shape index (κ2) is 10.5. The quantitative estimate of drug-likeness (QED) is 0.451. The second-order valence-electron chi connectivity index (χ2n) is 11.9. The average Bonchev–Trinajstić information content (AvgIpc) is 2.84. The van der Waals surface area contributed by atoms with Crippen molar-refractivity contribution in [3.05, 3.63) is 40.3 Å². The van der Waals surface area contributed by atoms with Crippen molar-refractivity contribution < 1.29 is 4.79 Å². The van der Waals surface area contributed by atoms with Crippen molar-refractivity contribution in [2.45, 2.75) is 111 Å². The van der Waals surface area contributed by atoms with Crippen molar-refractivity contribution in [1.29, 1.82) is 0 Å². The first-order chi connectivity index (χ1) is 16.6. The van der Waals surface area contributed by atoms with Gasteiger partial charge in [0, 0.05) is 25.0 Å². The molecule has 35 heavy (non-hydrogen) atoms. The van der Waals surface area contributed by atoms with E-state index in [0.717, 1.165) is 35.7 Å². The van der Waals surface area contributed by atoms with E-state index in [2.05, 4.69) is 44.5 Å². The monoisotopic (exact) mass is 479 g/mol. The summed E-state index contributed by atoms with van der Waals surface area (Å²) in [5.74, 6) is 1.91. The molecule has 0 amide bonds. The van der Waals surface area contributed by atoms with E-state index in [1.165, 1.54) is 45.4 Å². The summed E-state index contributed by atoms with van der Waals surface area (Å²) < 4.78 is 1.78. The van der Waals surface area contributed by atoms with Crippen LogP contribution in [0.25, 0.3) is 11.0 Å². The minimum absolute atomic E-state index is 0.0119. The summed E-state index contributed by atoms with van der Waals surface area (Å²) in [5.41, 5.74) is 2.02. The molecule has 2 aromatic rings. The van der Waals surface area contributed by atoms with E-state index >= 15 is 0 Å². The highest BCUT2D eigenvalue weighted by Gasteiger charge is 2.49. The smallest absolute Gasteiger partial charge is 0.280 e. The second-order valence-corrected chi connectivity index (χ2v) is 11.9. The maximum atomic E-state index is 13.0. The van der Waals surface area contributed by atoms with Gasteiger partial charge in [-0.15, -0.1) is 0 Å². The molecular weight excluding hydrogens is 434 g/mol. The highest BCUT2D eigenvalue weighted by atomic mass is 16.1. The Balaban J connectivity index is 0.000000266. The Morgan fingerprint density at radius 1 is 1.11 bits per heavy atom. The van der Waals surface area contributed by atoms with Crippen molar-refractivity contribution in [1.82, 2.24) is 14.5 Å². The Bertz CT molecular complexity index is 1090. The Morgan fingerprint density at radius 3 is 2.34 bits per heavy atom. The van der Waals surface area contributed by atoms with Crippen LogP contribution in [0.15, 0.2) is 29.1 Å². The van der Waals surface area contributed by atoms with Crippen LogP contribution in [0.1, 0.15) is 109 Å². The van der Waals surface area contributed by atoms with Crippen LogP contribution >= 0.6 is 0 Å². The fourth-order valence-corrected chi connectivity index (χ4v) is 7.20. The molecule has 0 radical (unpaired) electrons. The summed E-state index contributed by atoms with van der Waals surface area (Å²) in [7, 11) is 0. The van der Waals surface area contributed by atoms with Crippen molar-refractivity contribution in [3.63, 3.8) is 0 Å². The number of likely N-dealkylation sites (tertiary alicyclic amines) is 1. The molecule has 0 spiro atoms. The van der Waals surface area contributed by atoms with Gasteiger partial charge < -0.3 is 4.57 Å². The molecule has 1 saturated heterocycles. The van der Waals surface area contributed by atoms with Crippen molar-refractivity contribution in [3.8, 4) is 0 Å². The fraction of sp³-hybridized carbons (Fsp3) is 0.700. The zero-order valence-corrected chi connectivity index (χ0v) is 22.7. The summed E-state index contributed by atoms with van der Waals surface area (Å²) in [6.07, 6.45) is 10.6. The number of fused-ring (bicyclic) bond motifs is 3. The molecule has 3 aliphatic carbocycles. The molecule has 2 bridgehead atoms. The first-order valence-corrected chi connectivity index (χ1v) is 13.9. The summed E-state index contributed by atoms with van der Waals surface area (Å²) in [5, 5.41) is 0. The number of carbonyl (C=O) groups is 1. The third-order valence-corrected chi connectivity index (χ3v) is 9.52. The van der Waals surface area contributed by atoms with E-state index in [0.29, 0.717) is 17.6 Å². The van der Waals surface area contributed by atoms with E-state index in [1.807, 2.05) is 24.3 Å². The van der Waals surface area contributed by atoms with Crippen LogP contribution in [0, 0.1) is 17.3 Å². The first-order valence-electron chi connectivity index (χ1n) is 13.9. The molecule has 1 aromatic heterocycles. The number of hydrogen-bond donors (Lipinski definition) is 0. The topological polar surface area (TPSA) is 55.2 Å². The number of aromatic nitrogens is 2. The molecule has 5 atom stereocenters. The van der Waals surface area contributed by atoms with Gasteiger partial charge in [-0.3, -0.25) is 14.5 Å². The highest BCUT2D eigenvalue weighted by Crippen LogP contribution is 2.58. The van der Waals surface area contributed by atoms with Crippen molar-refractivity contribution >= 4 is 16.8 Å². The van der Waals surface area contributed by atoms with Gasteiger partial charge in [-0.1, -0.05) is 45.7 Å². The van der Waals surface area contributed by atoms with Crippen molar-refractivity contribution in [2.24, 2.45) is 17.3 Å². The van der Waals surface area contributed by atoms with Gasteiger partial charge in [0.25, 0.3) is 5.56 Å². The number of benzene rings is 1. The van der Waals surface area contributed by atoms with Gasteiger partial charge in [0.1, 0.15) is 0 Å². The maximum Gasteiger partial charge on any atom is 0.280 e. The van der Waals surface area contributed by atoms with Crippen LogP contribution in [0.4, 0.5) is 0 Å². The lowest BCUT2D eigenvalue weighted by Crippen LogP contribution is -2.47. The highest BCUT2D eigenvalue weighted by molar-refractivity contribution is 5.93. The lowest BCUT2D eigenvalue weighted by molar-refractivity contribution is -0.0646. The van der Waals surface area contributed by atoms with Crippen LogP contribution < -0.4 is 5.56 Å². The molecule has 2 heterocycles. The van der Waals surface area contributed by atoms with Gasteiger partial charge in [0.05, 0.1) is 11.0 Å². The number of ketones is 1. The van der Waals surface area contributed by atoms with E-state index in [1.54, 1.807) is 11.0 Å². The van der Waals surface area contributed by atoms with Crippen LogP contribution in [-0.2, 0) is 0 Å². The van der Waals surface area contributed by atoms with E-state index in [4.69, 9.17) is 0 Å². The number of Topliss-reactive ketones (excluding diaryl/α,β-unsaturated/α-hetero) is 1. The predicted molar refractivity (Wildman–Crippen MR) is 144 cm³/mol. The van der Waals surface area contributed by atoms with Gasteiger partial charge in [-0.2, -0.15) is 0 Å². The normalized spacial score (nSPS) is 28.5. The zero-order chi connectivity index (χ0) is 25.3. The lowest BCUT2D eigenvalue weighted by Gasteiger charge is -2.56. The predicted octanol–water partition coefficient (Wildman–Crippen LogP) is 6.65. The lowest BCUT2D eigenvalue weighted by atomic mass is 9.49. The molecule has 5 heteroatoms. The Morgan fingerprint density at radius 2 is 1.77 bits per heavy atom. The first kappa shape index (κ1) is 26.1. The molecule has 5 nitrogen and oxygen atoms in total. The standard InChI is InChI=1S/C21H29N3O2.C9H16/c1-5-23-14(2)9-8-10-17(23)13-15(3)24-19-12-7-6-11-18(19)22-20(16(4)25)21(24)26;1-9(2)7-4-3-5-8(9)6-7/h6-7,11-12,14-15,17H,5,8-10,13H2,1-4H3;7-8H,3-6H2,1-2H3. The van der Waals surface area contributed by atoms with Gasteiger partial charge in [-0.25, -0.2) is 4.98 Å². The summed E-state index contributed by atoms with van der Waals surface area (Å²) in [6.45, 7) is 13.9. The summed E-state index contributed by atoms with van der Waals surface area (Å²) >= 11 is 0. The number of hydrogen-bond acceptors (Lipinski definition) is 4. The van der Waals surface area contributed by atoms with Gasteiger partial charge in [0.15, 0.2) is 11.5 Å². The molecule has 192 valence electrons. The number of piperidine rings is 1. The number of carbonyl (C=O) groups excluding carboxylic acids is 1. The molecular formula is C30H45N3O2. The minimum Gasteiger partial charge on any atom is -0.302 e. The molecule has 3 saturated carbocycles.